The van der Waals surface area contributed by atoms with Gasteiger partial charge >= 0.3 is 0 Å². The molecule has 0 spiro atoms. The Kier molecular flexibility index (Phi) is 10.8. The summed E-state index contributed by atoms with van der Waals surface area (Å²) in [5.41, 5.74) is 21.7. The Balaban J connectivity index is 0.790. The molecule has 1 aromatic heterocycles. The molecule has 0 saturated heterocycles. The lowest BCUT2D eigenvalue weighted by molar-refractivity contribution is 0.767. The zero-order chi connectivity index (χ0) is 49.0. The summed E-state index contributed by atoms with van der Waals surface area (Å²) in [6, 6.07) is 103. The Labute approximate surface area is 437 Å². The molecule has 0 radical (unpaired) electrons. The average molecular weight is 963 g/mol. The van der Waals surface area contributed by atoms with Crippen LogP contribution in [0.2, 0.25) is 0 Å². The number of benzene rings is 11. The maximum atomic E-state index is 2.51. The number of rotatable bonds is 10. The van der Waals surface area contributed by atoms with E-state index >= 15 is 0 Å². The predicted octanol–water partition coefficient (Wildman–Crippen LogP) is 18.8. The van der Waals surface area contributed by atoms with Crippen molar-refractivity contribution in [1.82, 2.24) is 4.57 Å². The van der Waals surface area contributed by atoms with Crippen molar-refractivity contribution >= 4 is 49.8 Å². The number of hydrogen-bond donors (Lipinski definition) is 0. The first-order chi connectivity index (χ1) is 36.7. The molecule has 350 valence electrons. The highest BCUT2D eigenvalue weighted by molar-refractivity contribution is 8.09. The number of hydrogen-bond acceptors (Lipinski definition) is 2. The van der Waals surface area contributed by atoms with E-state index in [2.05, 4.69) is 295 Å². The molecule has 1 aliphatic carbocycles. The molecule has 2 heterocycles. The summed E-state index contributed by atoms with van der Waals surface area (Å²) in [5, 5.41) is 2.71. The highest BCUT2D eigenvalue weighted by atomic mass is 32.2. The van der Waals surface area contributed by atoms with Crippen molar-refractivity contribution in [3.63, 3.8) is 0 Å². The van der Waals surface area contributed by atoms with Crippen molar-refractivity contribution in [2.24, 2.45) is 0 Å². The Morgan fingerprint density at radius 3 is 1.47 bits per heavy atom. The molecule has 14 rings (SSSR count). The highest BCUT2D eigenvalue weighted by Crippen LogP contribution is 2.57. The van der Waals surface area contributed by atoms with Crippen LogP contribution in [0.1, 0.15) is 34.2 Å². The third-order valence-electron chi connectivity index (χ3n) is 15.4. The van der Waals surface area contributed by atoms with E-state index in [4.69, 9.17) is 0 Å². The second-order valence-corrected chi connectivity index (χ2v) is 20.7. The van der Waals surface area contributed by atoms with E-state index in [0.717, 1.165) is 12.1 Å². The van der Waals surface area contributed by atoms with Gasteiger partial charge in [-0.2, -0.15) is 0 Å². The van der Waals surface area contributed by atoms with Crippen LogP contribution in [0.5, 0.6) is 0 Å². The fourth-order valence-electron chi connectivity index (χ4n) is 12.0. The lowest BCUT2D eigenvalue weighted by Crippen LogP contribution is -2.28. The van der Waals surface area contributed by atoms with Crippen LogP contribution < -0.4 is 4.90 Å². The largest absolute Gasteiger partial charge is 0.328 e. The van der Waals surface area contributed by atoms with Gasteiger partial charge in [-0.05, 0) is 133 Å². The normalized spacial score (nSPS) is 14.4. The molecule has 0 amide bonds. The smallest absolute Gasteiger partial charge is 0.0880 e. The van der Waals surface area contributed by atoms with E-state index in [-0.39, 0.29) is 5.37 Å². The van der Waals surface area contributed by atoms with Crippen molar-refractivity contribution in [3.8, 4) is 50.2 Å². The van der Waals surface area contributed by atoms with Crippen molar-refractivity contribution in [1.29, 1.82) is 0 Å². The van der Waals surface area contributed by atoms with Crippen molar-refractivity contribution < 1.29 is 0 Å². The fourth-order valence-corrected chi connectivity index (χ4v) is 13.3. The van der Waals surface area contributed by atoms with Crippen LogP contribution in [0, 0.1) is 0 Å². The minimum atomic E-state index is -0.472. The second kappa shape index (κ2) is 18.3. The first-order valence-electron chi connectivity index (χ1n) is 25.7. The van der Waals surface area contributed by atoms with Crippen LogP contribution in [0.3, 0.4) is 0 Å². The van der Waals surface area contributed by atoms with Gasteiger partial charge < -0.3 is 9.47 Å². The summed E-state index contributed by atoms with van der Waals surface area (Å²) in [6.07, 6.45) is 3.36. The molecular weight excluding hydrogens is 913 g/mol. The third kappa shape index (κ3) is 7.34. The zero-order valence-corrected chi connectivity index (χ0v) is 41.5. The van der Waals surface area contributed by atoms with Gasteiger partial charge in [0, 0.05) is 32.7 Å². The quantitative estimate of drug-likeness (QED) is 0.135. The fraction of sp³-hybridized carbons (Fsp3) is 0.0423. The summed E-state index contributed by atoms with van der Waals surface area (Å²) in [5.74, 6) is 0. The predicted molar refractivity (Wildman–Crippen MR) is 313 cm³/mol. The Hall–Kier alpha value is -8.89. The Morgan fingerprint density at radius 2 is 0.838 bits per heavy atom. The van der Waals surface area contributed by atoms with Crippen LogP contribution in [0.25, 0.3) is 76.9 Å². The van der Waals surface area contributed by atoms with Gasteiger partial charge in [-0.3, -0.25) is 0 Å². The van der Waals surface area contributed by atoms with Gasteiger partial charge in [0.05, 0.1) is 21.8 Å². The summed E-state index contributed by atoms with van der Waals surface area (Å²) in [6.45, 7) is 0. The molecule has 11 aromatic carbocycles. The topological polar surface area (TPSA) is 8.17 Å². The monoisotopic (exact) mass is 962 g/mol. The number of thioether (sulfide) groups is 1. The summed E-state index contributed by atoms with van der Waals surface area (Å²) >= 11 is 1.95. The van der Waals surface area contributed by atoms with E-state index in [9.17, 15) is 0 Å². The molecule has 2 nitrogen and oxygen atoms in total. The van der Waals surface area contributed by atoms with Crippen molar-refractivity contribution in [3.05, 3.63) is 313 Å². The molecule has 0 saturated carbocycles. The van der Waals surface area contributed by atoms with Gasteiger partial charge in [0.15, 0.2) is 0 Å². The molecule has 1 aliphatic heterocycles. The standard InChI is InChI=1S/C71H50N2S/c1-5-17-49(18-6-1)51-33-38-58(39-34-51)72(70-46-45-69(74-70)54-19-7-2-8-20-54)59-40-35-52(36-41-59)50-29-31-53(32-30-50)55-37-44-68-64(47-55)63-26-14-16-28-67(63)73(68)60-42-43-62-61-25-13-15-27-65(61)71(66(62)48-60,56-21-9-3-10-22-56)57-23-11-4-12-24-57/h1-45,47-48,70H,46H2. The molecule has 0 N–H and O–H groups in total. The van der Waals surface area contributed by atoms with E-state index in [0.29, 0.717) is 0 Å². The van der Waals surface area contributed by atoms with E-state index in [1.807, 2.05) is 11.8 Å². The SMILES string of the molecule is C1=C(c2ccccc2)SC(N(c2ccc(-c3ccccc3)cc2)c2ccc(-c3ccc(-c4ccc5c(c4)c4ccccc4n5-c4ccc5c(c4)C(c4ccccc4)(c4ccccc4)c4ccccc4-5)cc3)cc2)C1. The number of fused-ring (bicyclic) bond motifs is 6. The Bertz CT molecular complexity index is 3990. The first kappa shape index (κ1) is 43.9. The van der Waals surface area contributed by atoms with Crippen LogP contribution in [-0.2, 0) is 5.41 Å². The van der Waals surface area contributed by atoms with Gasteiger partial charge in [0.25, 0.3) is 0 Å². The number of nitrogens with zero attached hydrogens (tertiary/aromatic N) is 2. The Morgan fingerprint density at radius 1 is 0.365 bits per heavy atom. The molecule has 2 aliphatic rings. The summed E-state index contributed by atoms with van der Waals surface area (Å²) < 4.78 is 2.47. The van der Waals surface area contributed by atoms with E-state index in [1.54, 1.807) is 0 Å². The van der Waals surface area contributed by atoms with Crippen LogP contribution in [0.15, 0.2) is 285 Å². The summed E-state index contributed by atoms with van der Waals surface area (Å²) in [4.78, 5) is 3.85. The van der Waals surface area contributed by atoms with E-state index < -0.39 is 5.41 Å². The minimum absolute atomic E-state index is 0.231. The van der Waals surface area contributed by atoms with Gasteiger partial charge in [0.1, 0.15) is 0 Å². The average Bonchev–Trinajstić information content (AvgIpc) is 4.21. The van der Waals surface area contributed by atoms with Crippen LogP contribution >= 0.6 is 11.8 Å². The molecule has 74 heavy (non-hydrogen) atoms. The second-order valence-electron chi connectivity index (χ2n) is 19.5. The van der Waals surface area contributed by atoms with Gasteiger partial charge in [-0.25, -0.2) is 0 Å². The lowest BCUT2D eigenvalue weighted by atomic mass is 9.67. The van der Waals surface area contributed by atoms with Crippen molar-refractivity contribution in [2.45, 2.75) is 17.2 Å². The van der Waals surface area contributed by atoms with E-state index in [1.165, 1.54) is 110 Å². The van der Waals surface area contributed by atoms with Crippen molar-refractivity contribution in [2.75, 3.05) is 4.90 Å². The molecule has 3 heteroatoms. The molecule has 0 fully saturated rings. The number of para-hydroxylation sites is 1. The molecule has 0 bridgehead atoms. The lowest BCUT2D eigenvalue weighted by Gasteiger charge is -2.34. The van der Waals surface area contributed by atoms with Crippen LogP contribution in [-0.4, -0.2) is 9.94 Å². The maximum Gasteiger partial charge on any atom is 0.0880 e. The maximum absolute atomic E-state index is 2.51. The molecule has 12 aromatic rings. The van der Waals surface area contributed by atoms with Gasteiger partial charge in [-0.1, -0.05) is 231 Å². The molecule has 1 atom stereocenters. The zero-order valence-electron chi connectivity index (χ0n) is 40.7. The first-order valence-corrected chi connectivity index (χ1v) is 26.5. The van der Waals surface area contributed by atoms with Crippen LogP contribution in [0.4, 0.5) is 11.4 Å². The molecular formula is C71H50N2S. The van der Waals surface area contributed by atoms with Gasteiger partial charge in [0.2, 0.25) is 0 Å². The minimum Gasteiger partial charge on any atom is -0.328 e. The number of aromatic nitrogens is 1. The van der Waals surface area contributed by atoms with Gasteiger partial charge in [-0.15, -0.1) is 11.8 Å². The third-order valence-corrected chi connectivity index (χ3v) is 16.8. The summed E-state index contributed by atoms with van der Waals surface area (Å²) in [7, 11) is 0. The number of anilines is 2. The molecule has 1 unspecified atom stereocenters. The highest BCUT2D eigenvalue weighted by Gasteiger charge is 2.46.